The van der Waals surface area contributed by atoms with Crippen LogP contribution in [0.5, 0.6) is 5.75 Å². The summed E-state index contributed by atoms with van der Waals surface area (Å²) in [5.41, 5.74) is 0. The summed E-state index contributed by atoms with van der Waals surface area (Å²) in [6, 6.07) is 3.88. The van der Waals surface area contributed by atoms with Crippen LogP contribution in [-0.2, 0) is 4.74 Å². The molecule has 0 radical (unpaired) electrons. The van der Waals surface area contributed by atoms with Gasteiger partial charge in [-0.1, -0.05) is 6.07 Å². The van der Waals surface area contributed by atoms with Gasteiger partial charge in [0.15, 0.2) is 11.6 Å². The van der Waals surface area contributed by atoms with Crippen molar-refractivity contribution in [3.8, 4) is 5.75 Å². The van der Waals surface area contributed by atoms with E-state index in [0.717, 1.165) is 6.07 Å². The van der Waals surface area contributed by atoms with E-state index in [1.165, 1.54) is 12.1 Å². The Labute approximate surface area is 99.7 Å². The molecule has 5 heteroatoms. The number of hydrogen-bond donors (Lipinski definition) is 1. The normalized spacial score (nSPS) is 12.5. The summed E-state index contributed by atoms with van der Waals surface area (Å²) in [6.07, 6.45) is -0.247. The van der Waals surface area contributed by atoms with Crippen LogP contribution in [0.25, 0.3) is 0 Å². The van der Waals surface area contributed by atoms with Crippen molar-refractivity contribution in [1.82, 2.24) is 5.32 Å². The topological polar surface area (TPSA) is 30.5 Å². The summed E-state index contributed by atoms with van der Waals surface area (Å²) in [5.74, 6) is -1.91. The van der Waals surface area contributed by atoms with E-state index in [4.69, 9.17) is 9.47 Å². The quantitative estimate of drug-likeness (QED) is 0.745. The van der Waals surface area contributed by atoms with Gasteiger partial charge in [0.05, 0.1) is 6.61 Å². The van der Waals surface area contributed by atoms with E-state index in [9.17, 15) is 8.78 Å². The Hall–Kier alpha value is -1.20. The fourth-order valence-electron chi connectivity index (χ4n) is 1.31. The van der Waals surface area contributed by atoms with Gasteiger partial charge in [0.25, 0.3) is 0 Å². The average molecular weight is 245 g/mol. The first-order chi connectivity index (χ1) is 8.15. The molecular formula is C12H17F2NO2. The van der Waals surface area contributed by atoms with E-state index in [1.54, 1.807) is 14.0 Å². The van der Waals surface area contributed by atoms with Crippen molar-refractivity contribution < 1.29 is 18.3 Å². The first-order valence-corrected chi connectivity index (χ1v) is 5.45. The zero-order chi connectivity index (χ0) is 12.7. The molecule has 0 aliphatic rings. The summed E-state index contributed by atoms with van der Waals surface area (Å²) >= 11 is 0. The van der Waals surface area contributed by atoms with Gasteiger partial charge in [-0.3, -0.25) is 0 Å². The molecule has 17 heavy (non-hydrogen) atoms. The predicted octanol–water partition coefficient (Wildman–Crippen LogP) is 1.97. The number of methoxy groups -OCH3 is 1. The Morgan fingerprint density at radius 1 is 1.35 bits per heavy atom. The summed E-state index contributed by atoms with van der Waals surface area (Å²) in [6.45, 7) is 3.61. The molecule has 0 saturated heterocycles. The Balaban J connectivity index is 2.39. The van der Waals surface area contributed by atoms with E-state index < -0.39 is 11.6 Å². The molecule has 0 aliphatic heterocycles. The fourth-order valence-corrected chi connectivity index (χ4v) is 1.31. The maximum absolute atomic E-state index is 13.3. The van der Waals surface area contributed by atoms with Gasteiger partial charge >= 0.3 is 0 Å². The molecule has 1 rings (SSSR count). The molecule has 0 heterocycles. The van der Waals surface area contributed by atoms with Crippen LogP contribution >= 0.6 is 0 Å². The Morgan fingerprint density at radius 3 is 2.82 bits per heavy atom. The van der Waals surface area contributed by atoms with E-state index in [1.807, 2.05) is 0 Å². The lowest BCUT2D eigenvalue weighted by Crippen LogP contribution is -2.31. The second-order valence-electron chi connectivity index (χ2n) is 3.68. The summed E-state index contributed by atoms with van der Waals surface area (Å²) in [7, 11) is 1.61. The van der Waals surface area contributed by atoms with E-state index in [-0.39, 0.29) is 11.9 Å². The molecule has 1 unspecified atom stereocenters. The van der Waals surface area contributed by atoms with Crippen molar-refractivity contribution in [1.29, 1.82) is 0 Å². The van der Waals surface area contributed by atoms with Crippen LogP contribution in [-0.4, -0.2) is 32.9 Å². The maximum Gasteiger partial charge on any atom is 0.200 e. The lowest BCUT2D eigenvalue weighted by atomic mass is 10.3. The molecule has 0 bridgehead atoms. The number of halogens is 2. The second kappa shape index (κ2) is 7.19. The minimum Gasteiger partial charge on any atom is -0.486 e. The van der Waals surface area contributed by atoms with Gasteiger partial charge in [-0.05, 0) is 19.1 Å². The minimum atomic E-state index is -0.948. The number of rotatable bonds is 7. The van der Waals surface area contributed by atoms with Crippen molar-refractivity contribution in [3.05, 3.63) is 29.8 Å². The molecule has 1 aromatic rings. The monoisotopic (exact) mass is 245 g/mol. The van der Waals surface area contributed by atoms with Gasteiger partial charge in [-0.25, -0.2) is 4.39 Å². The Bertz CT molecular complexity index is 347. The third kappa shape index (κ3) is 4.66. The number of hydrogen-bond acceptors (Lipinski definition) is 3. The largest absolute Gasteiger partial charge is 0.486 e. The highest BCUT2D eigenvalue weighted by Gasteiger charge is 2.11. The van der Waals surface area contributed by atoms with Gasteiger partial charge in [0.2, 0.25) is 5.82 Å². The van der Waals surface area contributed by atoms with E-state index >= 15 is 0 Å². The van der Waals surface area contributed by atoms with Crippen LogP contribution in [0.15, 0.2) is 18.2 Å². The zero-order valence-corrected chi connectivity index (χ0v) is 10.0. The van der Waals surface area contributed by atoms with E-state index in [2.05, 4.69) is 5.32 Å². The Kier molecular flexibility index (Phi) is 5.86. The highest BCUT2D eigenvalue weighted by atomic mass is 19.2. The molecule has 0 aromatic heterocycles. The van der Waals surface area contributed by atoms with Gasteiger partial charge in [-0.2, -0.15) is 4.39 Å². The molecule has 1 atom stereocenters. The molecule has 0 amide bonds. The van der Waals surface area contributed by atoms with Crippen molar-refractivity contribution in [2.45, 2.75) is 13.0 Å². The summed E-state index contributed by atoms with van der Waals surface area (Å²) in [5, 5.41) is 3.07. The fraction of sp³-hybridized carbons (Fsp3) is 0.500. The van der Waals surface area contributed by atoms with Crippen molar-refractivity contribution in [2.75, 3.05) is 26.8 Å². The van der Waals surface area contributed by atoms with Crippen LogP contribution in [0.4, 0.5) is 8.78 Å². The van der Waals surface area contributed by atoms with Crippen LogP contribution in [0.1, 0.15) is 6.92 Å². The highest BCUT2D eigenvalue weighted by Crippen LogP contribution is 2.20. The second-order valence-corrected chi connectivity index (χ2v) is 3.68. The molecule has 0 saturated carbocycles. The van der Waals surface area contributed by atoms with E-state index in [0.29, 0.717) is 19.7 Å². The molecule has 96 valence electrons. The third-order valence-corrected chi connectivity index (χ3v) is 2.16. The number of nitrogens with one attached hydrogen (secondary N) is 1. The molecule has 1 aromatic carbocycles. The van der Waals surface area contributed by atoms with Gasteiger partial charge < -0.3 is 14.8 Å². The average Bonchev–Trinajstić information content (AvgIpc) is 2.31. The molecular weight excluding hydrogens is 228 g/mol. The molecule has 0 fully saturated rings. The van der Waals surface area contributed by atoms with Crippen LogP contribution in [0.2, 0.25) is 0 Å². The van der Waals surface area contributed by atoms with Crippen molar-refractivity contribution >= 4 is 0 Å². The molecule has 0 aliphatic carbocycles. The standard InChI is InChI=1S/C12H17F2NO2/c1-9(8-15-6-7-16-2)17-11-5-3-4-10(13)12(11)14/h3-5,9,15H,6-8H2,1-2H3. The SMILES string of the molecule is COCCNCC(C)Oc1cccc(F)c1F. The summed E-state index contributed by atoms with van der Waals surface area (Å²) < 4.78 is 36.3. The minimum absolute atomic E-state index is 0.0639. The predicted molar refractivity (Wildman–Crippen MR) is 61.2 cm³/mol. The smallest absolute Gasteiger partial charge is 0.200 e. The number of benzene rings is 1. The molecule has 3 nitrogen and oxygen atoms in total. The molecule has 1 N–H and O–H groups in total. The van der Waals surface area contributed by atoms with Crippen molar-refractivity contribution in [2.24, 2.45) is 0 Å². The lowest BCUT2D eigenvalue weighted by Gasteiger charge is -2.15. The molecule has 0 spiro atoms. The first-order valence-electron chi connectivity index (χ1n) is 5.45. The summed E-state index contributed by atoms with van der Waals surface area (Å²) in [4.78, 5) is 0. The Morgan fingerprint density at radius 2 is 2.12 bits per heavy atom. The van der Waals surface area contributed by atoms with Crippen LogP contribution in [0, 0.1) is 11.6 Å². The van der Waals surface area contributed by atoms with Gasteiger partial charge in [-0.15, -0.1) is 0 Å². The van der Waals surface area contributed by atoms with Crippen LogP contribution < -0.4 is 10.1 Å². The first kappa shape index (κ1) is 13.9. The highest BCUT2D eigenvalue weighted by molar-refractivity contribution is 5.25. The third-order valence-electron chi connectivity index (χ3n) is 2.16. The lowest BCUT2D eigenvalue weighted by molar-refractivity contribution is 0.180. The zero-order valence-electron chi connectivity index (χ0n) is 10.0. The number of ether oxygens (including phenoxy) is 2. The van der Waals surface area contributed by atoms with Gasteiger partial charge in [0, 0.05) is 20.2 Å². The maximum atomic E-state index is 13.3. The van der Waals surface area contributed by atoms with Gasteiger partial charge in [0.1, 0.15) is 6.10 Å². The van der Waals surface area contributed by atoms with Crippen molar-refractivity contribution in [3.63, 3.8) is 0 Å². The van der Waals surface area contributed by atoms with Crippen LogP contribution in [0.3, 0.4) is 0 Å².